The first kappa shape index (κ1) is 16.3. The van der Waals surface area contributed by atoms with Gasteiger partial charge in [-0.15, -0.1) is 11.3 Å². The summed E-state index contributed by atoms with van der Waals surface area (Å²) in [5.74, 6) is 1.60. The molecule has 1 aromatic heterocycles. The maximum atomic E-state index is 11.5. The predicted octanol–water partition coefficient (Wildman–Crippen LogP) is 1.58. The van der Waals surface area contributed by atoms with Crippen molar-refractivity contribution in [2.45, 2.75) is 19.9 Å². The van der Waals surface area contributed by atoms with Crippen LogP contribution in [0.2, 0.25) is 0 Å². The zero-order chi connectivity index (χ0) is 15.3. The Kier molecular flexibility index (Phi) is 5.64. The standard InChI is InChI=1S/C14H23N3O2S2/c1-3-15-14(17(2)10-13-5-4-7-20-13)16-9-12-6-8-21(18,19)11-12/h4-5,7,12H,3,6,8-11H2,1-2H3,(H,15,16). The van der Waals surface area contributed by atoms with Crippen LogP contribution >= 0.6 is 11.3 Å². The Bertz CT molecular complexity index is 567. The lowest BCUT2D eigenvalue weighted by Gasteiger charge is -2.21. The van der Waals surface area contributed by atoms with E-state index in [1.165, 1.54) is 4.88 Å². The van der Waals surface area contributed by atoms with Crippen LogP contribution in [0.1, 0.15) is 18.2 Å². The van der Waals surface area contributed by atoms with E-state index in [9.17, 15) is 8.42 Å². The quantitative estimate of drug-likeness (QED) is 0.658. The molecule has 0 amide bonds. The summed E-state index contributed by atoms with van der Waals surface area (Å²) >= 11 is 1.73. The number of hydrogen-bond acceptors (Lipinski definition) is 4. The van der Waals surface area contributed by atoms with Gasteiger partial charge in [-0.1, -0.05) is 6.07 Å². The van der Waals surface area contributed by atoms with Crippen molar-refractivity contribution in [1.82, 2.24) is 10.2 Å². The first-order chi connectivity index (χ1) is 10.00. The van der Waals surface area contributed by atoms with Gasteiger partial charge >= 0.3 is 0 Å². The zero-order valence-electron chi connectivity index (χ0n) is 12.6. The molecule has 0 bridgehead atoms. The smallest absolute Gasteiger partial charge is 0.193 e. The second kappa shape index (κ2) is 7.26. The van der Waals surface area contributed by atoms with Crippen molar-refractivity contribution >= 4 is 27.1 Å². The maximum Gasteiger partial charge on any atom is 0.193 e. The molecule has 21 heavy (non-hydrogen) atoms. The van der Waals surface area contributed by atoms with Crippen LogP contribution in [0.25, 0.3) is 0 Å². The minimum atomic E-state index is -2.82. The van der Waals surface area contributed by atoms with Gasteiger partial charge in [0.1, 0.15) is 0 Å². The Morgan fingerprint density at radius 1 is 1.57 bits per heavy atom. The van der Waals surface area contributed by atoms with Crippen LogP contribution in [-0.4, -0.2) is 50.9 Å². The van der Waals surface area contributed by atoms with E-state index < -0.39 is 9.84 Å². The van der Waals surface area contributed by atoms with E-state index in [1.807, 2.05) is 20.0 Å². The third-order valence-corrected chi connectivity index (χ3v) is 6.19. The van der Waals surface area contributed by atoms with Crippen molar-refractivity contribution in [3.05, 3.63) is 22.4 Å². The molecule has 1 unspecified atom stereocenters. The molecule has 0 spiro atoms. The molecular weight excluding hydrogens is 306 g/mol. The molecule has 118 valence electrons. The number of hydrogen-bond donors (Lipinski definition) is 1. The van der Waals surface area contributed by atoms with Crippen LogP contribution in [0.4, 0.5) is 0 Å². The first-order valence-corrected chi connectivity index (χ1v) is 9.92. The molecule has 5 nitrogen and oxygen atoms in total. The Hall–Kier alpha value is -1.08. The average Bonchev–Trinajstić information content (AvgIpc) is 3.04. The molecule has 0 radical (unpaired) electrons. The molecule has 0 aromatic carbocycles. The van der Waals surface area contributed by atoms with Gasteiger partial charge in [0.15, 0.2) is 15.8 Å². The highest BCUT2D eigenvalue weighted by molar-refractivity contribution is 7.91. The van der Waals surface area contributed by atoms with Gasteiger partial charge in [-0.05, 0) is 30.7 Å². The fourth-order valence-electron chi connectivity index (χ4n) is 2.41. The van der Waals surface area contributed by atoms with E-state index >= 15 is 0 Å². The number of sulfone groups is 1. The van der Waals surface area contributed by atoms with Gasteiger partial charge in [-0.2, -0.15) is 0 Å². The highest BCUT2D eigenvalue weighted by atomic mass is 32.2. The van der Waals surface area contributed by atoms with Crippen LogP contribution in [0.3, 0.4) is 0 Å². The number of nitrogens with one attached hydrogen (secondary N) is 1. The number of aliphatic imine (C=N–C) groups is 1. The summed E-state index contributed by atoms with van der Waals surface area (Å²) in [6.07, 6.45) is 0.736. The summed E-state index contributed by atoms with van der Waals surface area (Å²) in [6, 6.07) is 4.15. The van der Waals surface area contributed by atoms with Gasteiger partial charge in [0.05, 0.1) is 18.1 Å². The molecule has 1 atom stereocenters. The second-order valence-electron chi connectivity index (χ2n) is 5.40. The van der Waals surface area contributed by atoms with Crippen molar-refractivity contribution < 1.29 is 8.42 Å². The van der Waals surface area contributed by atoms with Gasteiger partial charge in [-0.25, -0.2) is 8.42 Å². The molecule has 2 heterocycles. The minimum Gasteiger partial charge on any atom is -0.357 e. The van der Waals surface area contributed by atoms with E-state index in [0.717, 1.165) is 25.5 Å². The topological polar surface area (TPSA) is 61.8 Å². The third kappa shape index (κ3) is 5.00. The van der Waals surface area contributed by atoms with E-state index in [-0.39, 0.29) is 11.7 Å². The van der Waals surface area contributed by atoms with Crippen LogP contribution in [-0.2, 0) is 16.4 Å². The van der Waals surface area contributed by atoms with E-state index in [1.54, 1.807) is 11.3 Å². The van der Waals surface area contributed by atoms with Crippen molar-refractivity contribution in [2.24, 2.45) is 10.9 Å². The van der Waals surface area contributed by atoms with Crippen molar-refractivity contribution in [2.75, 3.05) is 31.6 Å². The van der Waals surface area contributed by atoms with E-state index in [2.05, 4.69) is 26.7 Å². The molecular formula is C14H23N3O2S2. The molecule has 7 heteroatoms. The number of nitrogens with zero attached hydrogens (tertiary/aromatic N) is 2. The molecule has 1 aliphatic heterocycles. The van der Waals surface area contributed by atoms with Gasteiger partial charge in [0, 0.05) is 25.0 Å². The molecule has 1 aromatic rings. The molecule has 0 saturated carbocycles. The average molecular weight is 329 g/mol. The fraction of sp³-hybridized carbons (Fsp3) is 0.643. The normalized spacial score (nSPS) is 21.4. The Morgan fingerprint density at radius 3 is 2.95 bits per heavy atom. The lowest BCUT2D eigenvalue weighted by atomic mass is 10.1. The molecule has 1 N–H and O–H groups in total. The lowest BCUT2D eigenvalue weighted by Crippen LogP contribution is -2.38. The van der Waals surface area contributed by atoms with Gasteiger partial charge in [0.2, 0.25) is 0 Å². The maximum absolute atomic E-state index is 11.5. The summed E-state index contributed by atoms with van der Waals surface area (Å²) in [6.45, 7) is 4.23. The van der Waals surface area contributed by atoms with Crippen molar-refractivity contribution in [3.63, 3.8) is 0 Å². The summed E-state index contributed by atoms with van der Waals surface area (Å²) in [7, 11) is -0.812. The zero-order valence-corrected chi connectivity index (χ0v) is 14.2. The number of guanidine groups is 1. The van der Waals surface area contributed by atoms with Crippen LogP contribution in [0.15, 0.2) is 22.5 Å². The highest BCUT2D eigenvalue weighted by Crippen LogP contribution is 2.18. The first-order valence-electron chi connectivity index (χ1n) is 7.22. The third-order valence-electron chi connectivity index (χ3n) is 3.50. The van der Waals surface area contributed by atoms with Gasteiger partial charge in [-0.3, -0.25) is 4.99 Å². The molecule has 1 aliphatic rings. The number of thiophene rings is 1. The summed E-state index contributed by atoms with van der Waals surface area (Å²) < 4.78 is 23.0. The molecule has 0 aliphatic carbocycles. The van der Waals surface area contributed by atoms with Crippen LogP contribution in [0.5, 0.6) is 0 Å². The number of rotatable bonds is 5. The van der Waals surface area contributed by atoms with Crippen LogP contribution in [0, 0.1) is 5.92 Å². The summed E-state index contributed by atoms with van der Waals surface area (Å²) in [5, 5.41) is 5.34. The highest BCUT2D eigenvalue weighted by Gasteiger charge is 2.27. The Balaban J connectivity index is 1.95. The largest absolute Gasteiger partial charge is 0.357 e. The molecule has 1 fully saturated rings. The van der Waals surface area contributed by atoms with Crippen molar-refractivity contribution in [3.8, 4) is 0 Å². The second-order valence-corrected chi connectivity index (χ2v) is 8.66. The van der Waals surface area contributed by atoms with Crippen LogP contribution < -0.4 is 5.32 Å². The summed E-state index contributed by atoms with van der Waals surface area (Å²) in [5.41, 5.74) is 0. The monoisotopic (exact) mass is 329 g/mol. The van der Waals surface area contributed by atoms with E-state index in [0.29, 0.717) is 12.3 Å². The van der Waals surface area contributed by atoms with Gasteiger partial charge < -0.3 is 10.2 Å². The molecule has 2 rings (SSSR count). The lowest BCUT2D eigenvalue weighted by molar-refractivity contribution is 0.477. The molecule has 1 saturated heterocycles. The summed E-state index contributed by atoms with van der Waals surface area (Å²) in [4.78, 5) is 7.98. The predicted molar refractivity (Wildman–Crippen MR) is 88.5 cm³/mol. The minimum absolute atomic E-state index is 0.166. The SMILES string of the molecule is CCNC(=NCC1CCS(=O)(=O)C1)N(C)Cc1cccs1. The fourth-order valence-corrected chi connectivity index (χ4v) is 5.02. The Labute approximate surface area is 131 Å². The Morgan fingerprint density at radius 2 is 2.38 bits per heavy atom. The van der Waals surface area contributed by atoms with Gasteiger partial charge in [0.25, 0.3) is 0 Å². The van der Waals surface area contributed by atoms with Crippen molar-refractivity contribution in [1.29, 1.82) is 0 Å². The van der Waals surface area contributed by atoms with E-state index in [4.69, 9.17) is 0 Å².